The van der Waals surface area contributed by atoms with Crippen LogP contribution in [0.15, 0.2) is 6.20 Å². The highest BCUT2D eigenvalue weighted by atomic mass is 32.1. The first-order valence-corrected chi connectivity index (χ1v) is 9.46. The van der Waals surface area contributed by atoms with Crippen LogP contribution in [-0.2, 0) is 11.2 Å². The van der Waals surface area contributed by atoms with Crippen molar-refractivity contribution in [1.29, 1.82) is 0 Å². The van der Waals surface area contributed by atoms with Crippen molar-refractivity contribution in [2.24, 2.45) is 5.41 Å². The Morgan fingerprint density at radius 1 is 1.48 bits per heavy atom. The predicted octanol–water partition coefficient (Wildman–Crippen LogP) is 2.49. The molecule has 2 aliphatic rings. The smallest absolute Gasteiger partial charge is 0.265 e. The lowest BCUT2D eigenvalue weighted by atomic mass is 9.58. The van der Waals surface area contributed by atoms with Crippen molar-refractivity contribution in [3.8, 4) is 0 Å². The largest absolute Gasteiger partial charge is 0.392 e. The molecule has 1 aromatic rings. The maximum atomic E-state index is 12.6. The fourth-order valence-corrected chi connectivity index (χ4v) is 4.82. The second-order valence-corrected chi connectivity index (χ2v) is 7.70. The molecule has 2 fully saturated rings. The van der Waals surface area contributed by atoms with E-state index in [4.69, 9.17) is 4.74 Å². The van der Waals surface area contributed by atoms with Gasteiger partial charge in [0, 0.05) is 31.5 Å². The molecule has 1 saturated heterocycles. The Labute approximate surface area is 141 Å². The molecule has 1 saturated carbocycles. The SMILES string of the molecule is CCCc1ncc(C(=O)N2CCC3(CC2)[C@H](O)C[C@@H]3OCC)s1. The third-order valence-corrected chi connectivity index (χ3v) is 6.36. The zero-order valence-electron chi connectivity index (χ0n) is 14.0. The van der Waals surface area contributed by atoms with E-state index in [1.165, 1.54) is 11.3 Å². The van der Waals surface area contributed by atoms with Gasteiger partial charge in [-0.15, -0.1) is 11.3 Å². The van der Waals surface area contributed by atoms with E-state index >= 15 is 0 Å². The third-order valence-electron chi connectivity index (χ3n) is 5.32. The second kappa shape index (κ2) is 6.87. The Balaban J connectivity index is 1.60. The summed E-state index contributed by atoms with van der Waals surface area (Å²) in [5.41, 5.74) is -0.131. The number of aliphatic hydroxyl groups excluding tert-OH is 1. The van der Waals surface area contributed by atoms with Gasteiger partial charge in [-0.3, -0.25) is 4.79 Å². The van der Waals surface area contributed by atoms with Crippen molar-refractivity contribution in [1.82, 2.24) is 9.88 Å². The highest BCUT2D eigenvalue weighted by molar-refractivity contribution is 7.13. The summed E-state index contributed by atoms with van der Waals surface area (Å²) in [5, 5.41) is 11.3. The molecule has 23 heavy (non-hydrogen) atoms. The summed E-state index contributed by atoms with van der Waals surface area (Å²) in [6.07, 6.45) is 5.94. The number of thiazole rings is 1. The van der Waals surface area contributed by atoms with Gasteiger partial charge in [0.1, 0.15) is 4.88 Å². The number of piperidine rings is 1. The molecular formula is C17H26N2O3S. The van der Waals surface area contributed by atoms with Gasteiger partial charge in [-0.25, -0.2) is 4.98 Å². The quantitative estimate of drug-likeness (QED) is 0.896. The fourth-order valence-electron chi connectivity index (χ4n) is 3.84. The number of nitrogens with zero attached hydrogens (tertiary/aromatic N) is 2. The molecule has 1 aliphatic heterocycles. The van der Waals surface area contributed by atoms with Gasteiger partial charge in [0.05, 0.1) is 23.4 Å². The number of rotatable bonds is 5. The van der Waals surface area contributed by atoms with Crippen LogP contribution in [0, 0.1) is 5.41 Å². The molecule has 5 nitrogen and oxygen atoms in total. The number of hydrogen-bond donors (Lipinski definition) is 1. The van der Waals surface area contributed by atoms with Crippen LogP contribution in [0.3, 0.4) is 0 Å². The lowest BCUT2D eigenvalue weighted by Crippen LogP contribution is -2.62. The molecule has 1 amide bonds. The molecule has 0 unspecified atom stereocenters. The van der Waals surface area contributed by atoms with E-state index in [0.717, 1.165) is 42.0 Å². The Bertz CT molecular complexity index is 550. The van der Waals surface area contributed by atoms with Gasteiger partial charge < -0.3 is 14.7 Å². The fraction of sp³-hybridized carbons (Fsp3) is 0.765. The molecule has 1 spiro atoms. The lowest BCUT2D eigenvalue weighted by Gasteiger charge is -2.56. The zero-order chi connectivity index (χ0) is 16.4. The first-order chi connectivity index (χ1) is 11.1. The molecule has 6 heteroatoms. The summed E-state index contributed by atoms with van der Waals surface area (Å²) in [6, 6.07) is 0. The summed E-state index contributed by atoms with van der Waals surface area (Å²) in [5.74, 6) is 0.0847. The average molecular weight is 338 g/mol. The third kappa shape index (κ3) is 3.04. The molecule has 1 N–H and O–H groups in total. The first kappa shape index (κ1) is 16.9. The Hall–Kier alpha value is -0.980. The molecule has 0 aromatic carbocycles. The van der Waals surface area contributed by atoms with E-state index in [1.54, 1.807) is 6.20 Å². The van der Waals surface area contributed by atoms with E-state index in [2.05, 4.69) is 11.9 Å². The van der Waals surface area contributed by atoms with Crippen LogP contribution >= 0.6 is 11.3 Å². The topological polar surface area (TPSA) is 62.7 Å². The van der Waals surface area contributed by atoms with Gasteiger partial charge in [-0.1, -0.05) is 6.92 Å². The minimum atomic E-state index is -0.282. The van der Waals surface area contributed by atoms with Crippen LogP contribution in [0.25, 0.3) is 0 Å². The Morgan fingerprint density at radius 2 is 2.22 bits per heavy atom. The average Bonchev–Trinajstić information content (AvgIpc) is 3.03. The van der Waals surface area contributed by atoms with Crippen molar-refractivity contribution >= 4 is 17.2 Å². The van der Waals surface area contributed by atoms with Crippen LogP contribution in [-0.4, -0.2) is 52.8 Å². The first-order valence-electron chi connectivity index (χ1n) is 8.64. The van der Waals surface area contributed by atoms with Crippen LogP contribution in [0.5, 0.6) is 0 Å². The van der Waals surface area contributed by atoms with E-state index in [1.807, 2.05) is 11.8 Å². The summed E-state index contributed by atoms with van der Waals surface area (Å²) >= 11 is 1.51. The number of carbonyl (C=O) groups excluding carboxylic acids is 1. The van der Waals surface area contributed by atoms with Crippen molar-refractivity contribution in [2.45, 2.75) is 58.2 Å². The predicted molar refractivity (Wildman–Crippen MR) is 89.7 cm³/mol. The molecule has 0 bridgehead atoms. The molecule has 2 atom stereocenters. The second-order valence-electron chi connectivity index (χ2n) is 6.59. The van der Waals surface area contributed by atoms with Crippen molar-refractivity contribution in [3.63, 3.8) is 0 Å². The number of amides is 1. The van der Waals surface area contributed by atoms with Crippen molar-refractivity contribution < 1.29 is 14.6 Å². The molecule has 1 aliphatic carbocycles. The highest BCUT2D eigenvalue weighted by Crippen LogP contribution is 2.51. The van der Waals surface area contributed by atoms with E-state index in [-0.39, 0.29) is 23.5 Å². The van der Waals surface area contributed by atoms with E-state index < -0.39 is 0 Å². The number of carbonyl (C=O) groups is 1. The van der Waals surface area contributed by atoms with Crippen LogP contribution in [0.4, 0.5) is 0 Å². The monoisotopic (exact) mass is 338 g/mol. The minimum Gasteiger partial charge on any atom is -0.392 e. The highest BCUT2D eigenvalue weighted by Gasteiger charge is 2.56. The Kier molecular flexibility index (Phi) is 5.04. The van der Waals surface area contributed by atoms with Gasteiger partial charge in [0.2, 0.25) is 0 Å². The molecule has 0 radical (unpaired) electrons. The summed E-state index contributed by atoms with van der Waals surface area (Å²) < 4.78 is 5.78. The molecular weight excluding hydrogens is 312 g/mol. The molecule has 3 rings (SSSR count). The summed E-state index contributed by atoms with van der Waals surface area (Å²) in [4.78, 5) is 19.6. The number of ether oxygens (including phenoxy) is 1. The Morgan fingerprint density at radius 3 is 2.83 bits per heavy atom. The summed E-state index contributed by atoms with van der Waals surface area (Å²) in [6.45, 7) is 6.18. The van der Waals surface area contributed by atoms with E-state index in [0.29, 0.717) is 19.7 Å². The van der Waals surface area contributed by atoms with Gasteiger partial charge in [0.15, 0.2) is 0 Å². The maximum Gasteiger partial charge on any atom is 0.265 e. The number of likely N-dealkylation sites (tertiary alicyclic amines) is 1. The summed E-state index contributed by atoms with van der Waals surface area (Å²) in [7, 11) is 0. The van der Waals surface area contributed by atoms with Crippen molar-refractivity contribution in [3.05, 3.63) is 16.1 Å². The van der Waals surface area contributed by atoms with Crippen molar-refractivity contribution in [2.75, 3.05) is 19.7 Å². The standard InChI is InChI=1S/C17H26N2O3S/c1-3-5-15-18-11-12(23-15)16(21)19-8-6-17(7-9-19)13(20)10-14(17)22-4-2/h11,13-14,20H,3-10H2,1-2H3/t13-,14+/m1/s1. The maximum absolute atomic E-state index is 12.6. The number of aryl methyl sites for hydroxylation is 1. The van der Waals surface area contributed by atoms with Crippen LogP contribution < -0.4 is 0 Å². The molecule has 2 heterocycles. The molecule has 128 valence electrons. The van der Waals surface area contributed by atoms with Crippen LogP contribution in [0.2, 0.25) is 0 Å². The normalized spacial score (nSPS) is 26.3. The number of aliphatic hydroxyl groups is 1. The van der Waals surface area contributed by atoms with Crippen LogP contribution in [0.1, 0.15) is 54.2 Å². The minimum absolute atomic E-state index is 0.0847. The number of aromatic nitrogens is 1. The lowest BCUT2D eigenvalue weighted by molar-refractivity contribution is -0.207. The van der Waals surface area contributed by atoms with Gasteiger partial charge >= 0.3 is 0 Å². The van der Waals surface area contributed by atoms with E-state index in [9.17, 15) is 9.90 Å². The van der Waals surface area contributed by atoms with Gasteiger partial charge in [-0.2, -0.15) is 0 Å². The zero-order valence-corrected chi connectivity index (χ0v) is 14.8. The molecule has 1 aromatic heterocycles. The van der Waals surface area contributed by atoms with Gasteiger partial charge in [-0.05, 0) is 32.6 Å². The number of hydrogen-bond acceptors (Lipinski definition) is 5. The van der Waals surface area contributed by atoms with Gasteiger partial charge in [0.25, 0.3) is 5.91 Å².